The molecule has 0 unspecified atom stereocenters. The third kappa shape index (κ3) is 2.64. The molecule has 0 fully saturated rings. The lowest BCUT2D eigenvalue weighted by Gasteiger charge is -2.04. The van der Waals surface area contributed by atoms with Gasteiger partial charge in [-0.05, 0) is 30.2 Å². The molecule has 3 rings (SSSR count). The highest BCUT2D eigenvalue weighted by Crippen LogP contribution is 2.18. The van der Waals surface area contributed by atoms with Crippen molar-refractivity contribution in [3.05, 3.63) is 65.4 Å². The second-order valence-corrected chi connectivity index (χ2v) is 4.73. The largest absolute Gasteiger partial charge is 0.352 e. The summed E-state index contributed by atoms with van der Waals surface area (Å²) in [5.41, 5.74) is 5.08. The Morgan fingerprint density at radius 3 is 2.76 bits per heavy atom. The summed E-state index contributed by atoms with van der Waals surface area (Å²) in [4.78, 5) is 4.39. The molecular formula is C16H15N3O2. The van der Waals surface area contributed by atoms with Crippen molar-refractivity contribution < 1.29 is 9.73 Å². The van der Waals surface area contributed by atoms with Gasteiger partial charge in [0.15, 0.2) is 5.84 Å². The third-order valence-corrected chi connectivity index (χ3v) is 3.37. The van der Waals surface area contributed by atoms with Crippen LogP contribution in [-0.2, 0) is 6.54 Å². The van der Waals surface area contributed by atoms with Crippen molar-refractivity contribution in [1.29, 1.82) is 0 Å². The first-order valence-corrected chi connectivity index (χ1v) is 6.63. The van der Waals surface area contributed by atoms with Crippen LogP contribution in [0, 0.1) is 6.92 Å². The van der Waals surface area contributed by atoms with Crippen molar-refractivity contribution >= 4 is 16.7 Å². The predicted molar refractivity (Wildman–Crippen MR) is 80.4 cm³/mol. The van der Waals surface area contributed by atoms with E-state index in [1.54, 1.807) is 0 Å². The second kappa shape index (κ2) is 5.76. The summed E-state index contributed by atoms with van der Waals surface area (Å²) < 4.78 is 5.28. The summed E-state index contributed by atoms with van der Waals surface area (Å²) in [6.45, 7) is 2.48. The number of aryl methyl sites for hydroxylation is 1. The molecule has 2 aromatic carbocycles. The molecule has 1 aromatic heterocycles. The van der Waals surface area contributed by atoms with Crippen LogP contribution >= 0.6 is 0 Å². The van der Waals surface area contributed by atoms with Crippen LogP contribution in [0.2, 0.25) is 0 Å². The smallest absolute Gasteiger partial charge is 0.211 e. The van der Waals surface area contributed by atoms with E-state index < -0.39 is 0 Å². The Bertz CT molecular complexity index is 793. The molecule has 0 atom stereocenters. The van der Waals surface area contributed by atoms with Crippen LogP contribution in [0.3, 0.4) is 0 Å². The number of aliphatic imine (C=N–C) groups is 1. The highest BCUT2D eigenvalue weighted by atomic mass is 16.5. The van der Waals surface area contributed by atoms with Gasteiger partial charge in [-0.25, -0.2) is 5.48 Å². The lowest BCUT2D eigenvalue weighted by Crippen LogP contribution is -2.20. The number of hydroxylamine groups is 1. The summed E-state index contributed by atoms with van der Waals surface area (Å²) in [5, 5.41) is 14.1. The van der Waals surface area contributed by atoms with E-state index in [4.69, 9.17) is 4.52 Å². The molecule has 106 valence electrons. The van der Waals surface area contributed by atoms with Gasteiger partial charge in [-0.2, -0.15) is 0 Å². The Morgan fingerprint density at radius 1 is 1.19 bits per heavy atom. The van der Waals surface area contributed by atoms with Crippen LogP contribution in [-0.4, -0.2) is 16.2 Å². The zero-order valence-electron chi connectivity index (χ0n) is 11.6. The van der Waals surface area contributed by atoms with Gasteiger partial charge in [0, 0.05) is 0 Å². The molecule has 0 aliphatic heterocycles. The number of amidine groups is 1. The SMILES string of the molecule is Cc1ccccc1CN=C(NO)c1onc2ccccc12. The minimum atomic E-state index is 0.270. The van der Waals surface area contributed by atoms with Gasteiger partial charge in [0.2, 0.25) is 5.76 Å². The van der Waals surface area contributed by atoms with Crippen molar-refractivity contribution in [2.24, 2.45) is 4.99 Å². The number of nitrogens with one attached hydrogen (secondary N) is 1. The summed E-state index contributed by atoms with van der Waals surface area (Å²) >= 11 is 0. The van der Waals surface area contributed by atoms with Crippen molar-refractivity contribution in [1.82, 2.24) is 10.6 Å². The molecule has 3 aromatic rings. The molecule has 2 N–H and O–H groups in total. The van der Waals surface area contributed by atoms with E-state index in [9.17, 15) is 5.21 Å². The molecule has 21 heavy (non-hydrogen) atoms. The first-order valence-electron chi connectivity index (χ1n) is 6.63. The Kier molecular flexibility index (Phi) is 3.66. The molecule has 5 nitrogen and oxygen atoms in total. The van der Waals surface area contributed by atoms with E-state index in [-0.39, 0.29) is 5.84 Å². The van der Waals surface area contributed by atoms with Gasteiger partial charge in [-0.1, -0.05) is 41.6 Å². The normalized spacial score (nSPS) is 11.8. The summed E-state index contributed by atoms with van der Waals surface area (Å²) in [5.74, 6) is 0.702. The molecule has 0 spiro atoms. The maximum absolute atomic E-state index is 9.34. The molecule has 0 saturated heterocycles. The summed E-state index contributed by atoms with van der Waals surface area (Å²) in [6.07, 6.45) is 0. The summed E-state index contributed by atoms with van der Waals surface area (Å²) in [6, 6.07) is 15.5. The highest BCUT2D eigenvalue weighted by Gasteiger charge is 2.13. The fraction of sp³-hybridized carbons (Fsp3) is 0.125. The fourth-order valence-electron chi connectivity index (χ4n) is 2.17. The lowest BCUT2D eigenvalue weighted by molar-refractivity contribution is 0.231. The number of rotatable bonds is 3. The highest BCUT2D eigenvalue weighted by molar-refractivity contribution is 6.06. The molecule has 0 saturated carbocycles. The van der Waals surface area contributed by atoms with Crippen LogP contribution in [0.25, 0.3) is 10.9 Å². The topological polar surface area (TPSA) is 70.7 Å². The number of hydrogen-bond donors (Lipinski definition) is 2. The first-order chi connectivity index (χ1) is 10.3. The van der Waals surface area contributed by atoms with Gasteiger partial charge in [-0.3, -0.25) is 10.2 Å². The average molecular weight is 281 g/mol. The van der Waals surface area contributed by atoms with Gasteiger partial charge in [0.1, 0.15) is 5.52 Å². The van der Waals surface area contributed by atoms with Gasteiger partial charge in [0.05, 0.1) is 11.9 Å². The average Bonchev–Trinajstić information content (AvgIpc) is 2.94. The Morgan fingerprint density at radius 2 is 1.95 bits per heavy atom. The molecule has 0 bridgehead atoms. The zero-order chi connectivity index (χ0) is 14.7. The standard InChI is InChI=1S/C16H15N3O2/c1-11-6-2-3-7-12(11)10-17-16(18-20)15-13-8-4-5-9-14(13)19-21-15/h2-9,20H,10H2,1H3,(H,17,18). The van der Waals surface area contributed by atoms with Crippen LogP contribution in [0.15, 0.2) is 58.0 Å². The lowest BCUT2D eigenvalue weighted by atomic mass is 10.1. The molecule has 1 heterocycles. The van der Waals surface area contributed by atoms with E-state index in [0.717, 1.165) is 22.0 Å². The second-order valence-electron chi connectivity index (χ2n) is 4.73. The van der Waals surface area contributed by atoms with Crippen LogP contribution in [0.5, 0.6) is 0 Å². The minimum absolute atomic E-state index is 0.270. The monoisotopic (exact) mass is 281 g/mol. The quantitative estimate of drug-likeness (QED) is 0.440. The minimum Gasteiger partial charge on any atom is -0.352 e. The van der Waals surface area contributed by atoms with Gasteiger partial charge in [-0.15, -0.1) is 0 Å². The number of nitrogens with zero attached hydrogens (tertiary/aromatic N) is 2. The number of fused-ring (bicyclic) bond motifs is 1. The molecule has 5 heteroatoms. The van der Waals surface area contributed by atoms with Gasteiger partial charge in [0.25, 0.3) is 0 Å². The van der Waals surface area contributed by atoms with E-state index in [1.807, 2.05) is 55.5 Å². The van der Waals surface area contributed by atoms with Crippen LogP contribution in [0.4, 0.5) is 0 Å². The number of hydrogen-bond acceptors (Lipinski definition) is 4. The Hall–Kier alpha value is -2.66. The molecule has 0 aliphatic carbocycles. The molecular weight excluding hydrogens is 266 g/mol. The molecule has 0 radical (unpaired) electrons. The van der Waals surface area contributed by atoms with Crippen molar-refractivity contribution in [3.8, 4) is 0 Å². The van der Waals surface area contributed by atoms with E-state index >= 15 is 0 Å². The van der Waals surface area contributed by atoms with Gasteiger partial charge < -0.3 is 4.52 Å². The number of aromatic nitrogens is 1. The fourth-order valence-corrected chi connectivity index (χ4v) is 2.17. The van der Waals surface area contributed by atoms with Crippen molar-refractivity contribution in [3.63, 3.8) is 0 Å². The zero-order valence-corrected chi connectivity index (χ0v) is 11.6. The van der Waals surface area contributed by atoms with Crippen molar-refractivity contribution in [2.75, 3.05) is 0 Å². The molecule has 0 aliphatic rings. The van der Waals surface area contributed by atoms with E-state index in [0.29, 0.717) is 12.3 Å². The van der Waals surface area contributed by atoms with Crippen LogP contribution in [0.1, 0.15) is 16.9 Å². The third-order valence-electron chi connectivity index (χ3n) is 3.37. The van der Waals surface area contributed by atoms with Crippen LogP contribution < -0.4 is 5.48 Å². The Balaban J connectivity index is 1.95. The maximum atomic E-state index is 9.34. The van der Waals surface area contributed by atoms with E-state index in [1.165, 1.54) is 0 Å². The van der Waals surface area contributed by atoms with Gasteiger partial charge >= 0.3 is 0 Å². The summed E-state index contributed by atoms with van der Waals surface area (Å²) in [7, 11) is 0. The molecule has 0 amide bonds. The predicted octanol–water partition coefficient (Wildman–Crippen LogP) is 3.06. The number of benzene rings is 2. The first kappa shape index (κ1) is 13.3. The van der Waals surface area contributed by atoms with Crippen molar-refractivity contribution in [2.45, 2.75) is 13.5 Å². The van der Waals surface area contributed by atoms with E-state index in [2.05, 4.69) is 15.6 Å². The Labute approximate surface area is 121 Å². The maximum Gasteiger partial charge on any atom is 0.211 e.